The second-order valence-electron chi connectivity index (χ2n) is 8.74. The molecule has 2 saturated heterocycles. The number of hydrogen-bond donors (Lipinski definition) is 2. The number of nitrogens with zero attached hydrogens (tertiary/aromatic N) is 3. The van der Waals surface area contributed by atoms with Gasteiger partial charge in [-0.05, 0) is 31.2 Å². The van der Waals surface area contributed by atoms with E-state index in [0.29, 0.717) is 11.4 Å². The molecular formula is C21H24Cl3F4N5O4. The second-order valence-corrected chi connectivity index (χ2v) is 11.1. The van der Waals surface area contributed by atoms with Crippen LogP contribution in [-0.2, 0) is 14.3 Å². The molecule has 2 aliphatic rings. The fourth-order valence-corrected chi connectivity index (χ4v) is 4.60. The molecule has 3 amide bonds. The molecule has 3 rings (SSSR count). The highest BCUT2D eigenvalue weighted by molar-refractivity contribution is 6.68. The lowest BCUT2D eigenvalue weighted by Gasteiger charge is -2.49. The highest BCUT2D eigenvalue weighted by Gasteiger charge is 2.51. The van der Waals surface area contributed by atoms with Crippen molar-refractivity contribution in [2.45, 2.75) is 41.9 Å². The summed E-state index contributed by atoms with van der Waals surface area (Å²) in [6.07, 6.45) is -8.24. The molecule has 0 aromatic heterocycles. The molecule has 37 heavy (non-hydrogen) atoms. The molecule has 3 atom stereocenters. The number of cyclic esters (lactones) is 1. The fourth-order valence-electron chi connectivity index (χ4n) is 4.08. The Bertz CT molecular complexity index is 1020. The van der Waals surface area contributed by atoms with E-state index in [1.807, 2.05) is 0 Å². The number of benzene rings is 1. The number of alkyl halides is 7. The predicted molar refractivity (Wildman–Crippen MR) is 129 cm³/mol. The first-order valence-corrected chi connectivity index (χ1v) is 12.1. The van der Waals surface area contributed by atoms with E-state index in [0.717, 1.165) is 11.8 Å². The Morgan fingerprint density at radius 1 is 1.16 bits per heavy atom. The lowest BCUT2D eigenvalue weighted by molar-refractivity contribution is -0.177. The van der Waals surface area contributed by atoms with Crippen molar-refractivity contribution in [3.8, 4) is 0 Å². The summed E-state index contributed by atoms with van der Waals surface area (Å²) in [5.41, 5.74) is 1.09. The smallest absolute Gasteiger partial charge is 0.442 e. The number of rotatable bonds is 6. The van der Waals surface area contributed by atoms with E-state index in [1.54, 1.807) is 34.5 Å². The standard InChI is InChI=1S/C21H24Cl3F4N5O4/c1-12(34)29-9-15-10-32(18(36)37-15)14-5-3-13(4-6-14)31-7-8-33(19(2,25)11-31)16(20(22,23)24)30-17(35)21(26,27)28/h3-6,15-16H,7-11H2,1-2H3,(H,29,34)(H,30,35)/t15?,16?,19-/m1/s1. The van der Waals surface area contributed by atoms with Crippen LogP contribution >= 0.6 is 34.8 Å². The highest BCUT2D eigenvalue weighted by atomic mass is 35.6. The van der Waals surface area contributed by atoms with Crippen LogP contribution in [0.4, 0.5) is 33.7 Å². The molecule has 206 valence electrons. The van der Waals surface area contributed by atoms with Gasteiger partial charge in [0.25, 0.3) is 0 Å². The Kier molecular flexibility index (Phi) is 8.62. The lowest BCUT2D eigenvalue weighted by atomic mass is 10.1. The number of halogens is 7. The first-order chi connectivity index (χ1) is 17.0. The third kappa shape index (κ3) is 7.21. The third-order valence-corrected chi connectivity index (χ3v) is 6.44. The zero-order valence-corrected chi connectivity index (χ0v) is 21.9. The average molecular weight is 593 g/mol. The molecule has 1 aromatic carbocycles. The maximum atomic E-state index is 15.7. The van der Waals surface area contributed by atoms with E-state index >= 15 is 4.39 Å². The van der Waals surface area contributed by atoms with Crippen molar-refractivity contribution in [3.63, 3.8) is 0 Å². The number of anilines is 2. The van der Waals surface area contributed by atoms with Crippen LogP contribution < -0.4 is 20.4 Å². The minimum atomic E-state index is -5.25. The molecule has 0 spiro atoms. The molecule has 2 fully saturated rings. The number of ether oxygens (including phenoxy) is 1. The van der Waals surface area contributed by atoms with Crippen LogP contribution in [0, 0.1) is 0 Å². The van der Waals surface area contributed by atoms with E-state index in [4.69, 9.17) is 39.5 Å². The molecule has 0 aliphatic carbocycles. The van der Waals surface area contributed by atoms with Gasteiger partial charge in [-0.3, -0.25) is 14.5 Å². The van der Waals surface area contributed by atoms with Gasteiger partial charge in [0.15, 0.2) is 5.79 Å². The molecule has 2 heterocycles. The SMILES string of the molecule is CC(=O)NCC1CN(c2ccc(N3CCN(C(NC(=O)C(F)(F)F)C(Cl)(Cl)Cl)[C@@](C)(F)C3)cc2)C(=O)O1. The molecule has 9 nitrogen and oxygen atoms in total. The predicted octanol–water partition coefficient (Wildman–Crippen LogP) is 3.33. The highest BCUT2D eigenvalue weighted by Crippen LogP contribution is 2.38. The summed E-state index contributed by atoms with van der Waals surface area (Å²) in [7, 11) is 0. The first-order valence-electron chi connectivity index (χ1n) is 11.0. The Hall–Kier alpha value is -2.22. The summed E-state index contributed by atoms with van der Waals surface area (Å²) in [6, 6.07) is 6.56. The Balaban J connectivity index is 1.69. The number of amides is 3. The van der Waals surface area contributed by atoms with Crippen molar-refractivity contribution in [2.75, 3.05) is 42.5 Å². The fraction of sp³-hybridized carbons (Fsp3) is 0.571. The maximum absolute atomic E-state index is 15.7. The molecule has 16 heteroatoms. The number of nitrogens with one attached hydrogen (secondary N) is 2. The minimum absolute atomic E-state index is 0.128. The van der Waals surface area contributed by atoms with Gasteiger partial charge in [0.1, 0.15) is 12.3 Å². The quantitative estimate of drug-likeness (QED) is 0.299. The summed E-state index contributed by atoms with van der Waals surface area (Å²) in [5.74, 6) is -4.92. The van der Waals surface area contributed by atoms with Gasteiger partial charge in [0, 0.05) is 31.4 Å². The molecule has 0 bridgehead atoms. The summed E-state index contributed by atoms with van der Waals surface area (Å²) in [6.45, 7) is 2.47. The van der Waals surface area contributed by atoms with E-state index < -0.39 is 40.0 Å². The Morgan fingerprint density at radius 2 is 1.76 bits per heavy atom. The number of carbonyl (C=O) groups is 3. The van der Waals surface area contributed by atoms with Gasteiger partial charge in [-0.25, -0.2) is 14.1 Å². The minimum Gasteiger partial charge on any atom is -0.442 e. The summed E-state index contributed by atoms with van der Waals surface area (Å²) in [4.78, 5) is 38.7. The first kappa shape index (κ1) is 29.3. The molecule has 2 unspecified atom stereocenters. The van der Waals surface area contributed by atoms with Crippen LogP contribution in [0.15, 0.2) is 24.3 Å². The number of piperazine rings is 1. The van der Waals surface area contributed by atoms with E-state index in [2.05, 4.69) is 5.32 Å². The largest absolute Gasteiger partial charge is 0.471 e. The van der Waals surface area contributed by atoms with Crippen molar-refractivity contribution >= 4 is 64.1 Å². The lowest BCUT2D eigenvalue weighted by Crippen LogP contribution is -2.69. The van der Waals surface area contributed by atoms with Crippen LogP contribution in [0.25, 0.3) is 0 Å². The Morgan fingerprint density at radius 3 is 2.27 bits per heavy atom. The van der Waals surface area contributed by atoms with Crippen LogP contribution in [0.5, 0.6) is 0 Å². The van der Waals surface area contributed by atoms with Gasteiger partial charge in [0.2, 0.25) is 9.70 Å². The topological polar surface area (TPSA) is 94.2 Å². The van der Waals surface area contributed by atoms with Crippen LogP contribution in [0.2, 0.25) is 0 Å². The van der Waals surface area contributed by atoms with E-state index in [-0.39, 0.29) is 38.6 Å². The van der Waals surface area contributed by atoms with Gasteiger partial charge in [-0.1, -0.05) is 34.8 Å². The zero-order chi connectivity index (χ0) is 27.8. The number of hydrogen-bond acceptors (Lipinski definition) is 6. The second kappa shape index (κ2) is 10.9. The Labute approximate surface area is 224 Å². The van der Waals surface area contributed by atoms with Crippen LogP contribution in [0.1, 0.15) is 13.8 Å². The van der Waals surface area contributed by atoms with Crippen molar-refractivity contribution in [1.82, 2.24) is 15.5 Å². The van der Waals surface area contributed by atoms with Gasteiger partial charge in [-0.15, -0.1) is 0 Å². The zero-order valence-electron chi connectivity index (χ0n) is 19.6. The average Bonchev–Trinajstić information content (AvgIpc) is 3.15. The molecule has 2 N–H and O–H groups in total. The third-order valence-electron chi connectivity index (χ3n) is 5.82. The molecule has 2 aliphatic heterocycles. The van der Waals surface area contributed by atoms with E-state index in [9.17, 15) is 27.6 Å². The molecule has 0 saturated carbocycles. The van der Waals surface area contributed by atoms with Gasteiger partial charge < -0.3 is 20.3 Å². The van der Waals surface area contributed by atoms with Gasteiger partial charge in [-0.2, -0.15) is 13.2 Å². The maximum Gasteiger partial charge on any atom is 0.471 e. The van der Waals surface area contributed by atoms with Crippen molar-refractivity contribution < 1.29 is 36.7 Å². The van der Waals surface area contributed by atoms with Crippen molar-refractivity contribution in [1.29, 1.82) is 0 Å². The normalized spacial score (nSPS) is 24.0. The van der Waals surface area contributed by atoms with Crippen molar-refractivity contribution in [3.05, 3.63) is 24.3 Å². The van der Waals surface area contributed by atoms with Gasteiger partial charge in [0.05, 0.1) is 19.6 Å². The monoisotopic (exact) mass is 591 g/mol. The summed E-state index contributed by atoms with van der Waals surface area (Å²) >= 11 is 17.4. The molecular weight excluding hydrogens is 569 g/mol. The van der Waals surface area contributed by atoms with E-state index in [1.165, 1.54) is 11.8 Å². The molecule has 1 aromatic rings. The van der Waals surface area contributed by atoms with Crippen LogP contribution in [0.3, 0.4) is 0 Å². The summed E-state index contributed by atoms with van der Waals surface area (Å²) in [5, 5.41) is 4.16. The van der Waals surface area contributed by atoms with Crippen LogP contribution in [-0.4, -0.2) is 83.6 Å². The molecule has 0 radical (unpaired) electrons. The van der Waals surface area contributed by atoms with Crippen molar-refractivity contribution in [2.24, 2.45) is 0 Å². The summed E-state index contributed by atoms with van der Waals surface area (Å²) < 4.78 is 56.9. The van der Waals surface area contributed by atoms with Gasteiger partial charge >= 0.3 is 18.2 Å². The number of carbonyl (C=O) groups excluding carboxylic acids is 3.